The van der Waals surface area contributed by atoms with Crippen molar-refractivity contribution in [3.63, 3.8) is 0 Å². The zero-order valence-corrected chi connectivity index (χ0v) is 19.5. The number of amides is 3. The molecule has 4 atom stereocenters. The second-order valence-electron chi connectivity index (χ2n) is 9.83. The maximum atomic E-state index is 13.7. The Morgan fingerprint density at radius 2 is 1.75 bits per heavy atom. The molecule has 3 aliphatic rings. The van der Waals surface area contributed by atoms with Gasteiger partial charge in [-0.3, -0.25) is 15.0 Å². The van der Waals surface area contributed by atoms with Crippen LogP contribution < -0.4 is 20.9 Å². The minimum atomic E-state index is -4.52. The number of anilines is 2. The summed E-state index contributed by atoms with van der Waals surface area (Å²) in [5.74, 6) is -0.564. The van der Waals surface area contributed by atoms with Crippen LogP contribution in [0.3, 0.4) is 0 Å². The summed E-state index contributed by atoms with van der Waals surface area (Å²) >= 11 is 0. The number of carbonyl (C=O) groups excluding carboxylic acids is 2. The lowest BCUT2D eigenvalue weighted by atomic mass is 9.80. The molecule has 1 aliphatic heterocycles. The molecule has 4 unspecified atom stereocenters. The topological polar surface area (TPSA) is 73.5 Å². The first-order valence-electron chi connectivity index (χ1n) is 12.3. The standard InChI is InChI=1S/C26H28F4N4O2/c27-17-10-12-19(13-11-17)34-23(32-21-7-2-1-6-20(21)24(34)35)22(15-8-9-15)33-25(36)31-18-5-3-4-16(14-18)26(28,29)30/h3-5,10-15,20-23,32H,1-2,6-9H2,(H2,31,33,36). The number of urea groups is 1. The summed E-state index contributed by atoms with van der Waals surface area (Å²) in [6.07, 6.45) is 0.183. The van der Waals surface area contributed by atoms with Crippen molar-refractivity contribution in [2.75, 3.05) is 10.2 Å². The zero-order chi connectivity index (χ0) is 25.4. The summed E-state index contributed by atoms with van der Waals surface area (Å²) in [7, 11) is 0. The monoisotopic (exact) mass is 504 g/mol. The Labute approximate surface area is 206 Å². The Kier molecular flexibility index (Phi) is 6.63. The van der Waals surface area contributed by atoms with Gasteiger partial charge in [-0.2, -0.15) is 13.2 Å². The molecule has 2 saturated carbocycles. The maximum absolute atomic E-state index is 13.7. The van der Waals surface area contributed by atoms with Gasteiger partial charge in [-0.1, -0.05) is 18.9 Å². The first kappa shape index (κ1) is 24.5. The zero-order valence-electron chi connectivity index (χ0n) is 19.5. The molecule has 0 aromatic heterocycles. The molecule has 3 amide bonds. The molecule has 1 saturated heterocycles. The molecule has 0 spiro atoms. The normalized spacial score (nSPS) is 25.2. The average molecular weight is 505 g/mol. The number of nitrogens with one attached hydrogen (secondary N) is 3. The van der Waals surface area contributed by atoms with Crippen molar-refractivity contribution in [1.82, 2.24) is 10.6 Å². The van der Waals surface area contributed by atoms with E-state index in [1.807, 2.05) is 0 Å². The average Bonchev–Trinajstić information content (AvgIpc) is 3.68. The molecule has 192 valence electrons. The number of fused-ring (bicyclic) bond motifs is 1. The van der Waals surface area contributed by atoms with Gasteiger partial charge in [-0.15, -0.1) is 0 Å². The summed E-state index contributed by atoms with van der Waals surface area (Å²) in [6, 6.07) is 8.99. The third-order valence-corrected chi connectivity index (χ3v) is 7.30. The van der Waals surface area contributed by atoms with Crippen molar-refractivity contribution in [2.45, 2.75) is 63.0 Å². The Morgan fingerprint density at radius 3 is 2.44 bits per heavy atom. The molecule has 6 nitrogen and oxygen atoms in total. The molecule has 3 N–H and O–H groups in total. The second-order valence-corrected chi connectivity index (χ2v) is 9.83. The molecule has 0 bridgehead atoms. The van der Waals surface area contributed by atoms with Crippen LogP contribution in [0.25, 0.3) is 0 Å². The van der Waals surface area contributed by atoms with E-state index >= 15 is 0 Å². The summed E-state index contributed by atoms with van der Waals surface area (Å²) < 4.78 is 52.9. The number of halogens is 4. The van der Waals surface area contributed by atoms with E-state index in [0.717, 1.165) is 50.7 Å². The number of nitrogens with zero attached hydrogens (tertiary/aromatic N) is 1. The second kappa shape index (κ2) is 9.72. The molecule has 2 aromatic carbocycles. The Bertz CT molecular complexity index is 1120. The van der Waals surface area contributed by atoms with Crippen LogP contribution in [0, 0.1) is 17.7 Å². The molecular weight excluding hydrogens is 476 g/mol. The van der Waals surface area contributed by atoms with E-state index in [-0.39, 0.29) is 29.5 Å². The van der Waals surface area contributed by atoms with Crippen molar-refractivity contribution in [2.24, 2.45) is 11.8 Å². The largest absolute Gasteiger partial charge is 0.416 e. The minimum absolute atomic E-state index is 0.0206. The summed E-state index contributed by atoms with van der Waals surface area (Å²) in [5, 5.41) is 9.01. The van der Waals surface area contributed by atoms with Gasteiger partial charge in [-0.05, 0) is 74.1 Å². The predicted octanol–water partition coefficient (Wildman–Crippen LogP) is 5.27. The number of rotatable bonds is 5. The predicted molar refractivity (Wildman–Crippen MR) is 127 cm³/mol. The first-order chi connectivity index (χ1) is 17.2. The van der Waals surface area contributed by atoms with Gasteiger partial charge >= 0.3 is 12.2 Å². The highest BCUT2D eigenvalue weighted by Crippen LogP contribution is 2.40. The lowest BCUT2D eigenvalue weighted by Gasteiger charge is -2.49. The van der Waals surface area contributed by atoms with Crippen LogP contribution in [0.5, 0.6) is 0 Å². The fourth-order valence-corrected chi connectivity index (χ4v) is 5.39. The van der Waals surface area contributed by atoms with Gasteiger partial charge in [0.2, 0.25) is 5.91 Å². The van der Waals surface area contributed by atoms with Gasteiger partial charge in [0.15, 0.2) is 0 Å². The first-order valence-corrected chi connectivity index (χ1v) is 12.3. The fourth-order valence-electron chi connectivity index (χ4n) is 5.39. The van der Waals surface area contributed by atoms with Crippen LogP contribution >= 0.6 is 0 Å². The van der Waals surface area contributed by atoms with Crippen LogP contribution in [0.4, 0.5) is 33.7 Å². The SMILES string of the molecule is O=C(Nc1cccc(C(F)(F)F)c1)NC(C1CC1)C1NC2CCCCC2C(=O)N1c1ccc(F)cc1. The van der Waals surface area contributed by atoms with Crippen molar-refractivity contribution < 1.29 is 27.2 Å². The van der Waals surface area contributed by atoms with E-state index in [0.29, 0.717) is 5.69 Å². The van der Waals surface area contributed by atoms with Crippen LogP contribution in [-0.2, 0) is 11.0 Å². The van der Waals surface area contributed by atoms with Crippen molar-refractivity contribution in [3.8, 4) is 0 Å². The lowest BCUT2D eigenvalue weighted by molar-refractivity contribution is -0.137. The quantitative estimate of drug-likeness (QED) is 0.486. The van der Waals surface area contributed by atoms with Crippen molar-refractivity contribution in [1.29, 1.82) is 0 Å². The highest BCUT2D eigenvalue weighted by Gasteiger charge is 2.49. The molecule has 36 heavy (non-hydrogen) atoms. The Morgan fingerprint density at radius 1 is 1.03 bits per heavy atom. The number of hydrogen-bond acceptors (Lipinski definition) is 3. The van der Waals surface area contributed by atoms with Crippen LogP contribution in [-0.4, -0.2) is 30.2 Å². The molecule has 3 fully saturated rings. The van der Waals surface area contributed by atoms with Gasteiger partial charge in [0.25, 0.3) is 0 Å². The minimum Gasteiger partial charge on any atom is -0.331 e. The van der Waals surface area contributed by atoms with Gasteiger partial charge < -0.3 is 10.6 Å². The third-order valence-electron chi connectivity index (χ3n) is 7.30. The number of carbonyl (C=O) groups is 2. The number of benzene rings is 2. The van der Waals surface area contributed by atoms with E-state index in [9.17, 15) is 27.2 Å². The molecule has 2 aromatic rings. The van der Waals surface area contributed by atoms with E-state index in [2.05, 4.69) is 16.0 Å². The number of hydrogen-bond donors (Lipinski definition) is 3. The summed E-state index contributed by atoms with van der Waals surface area (Å²) in [5.41, 5.74) is -0.301. The Hall–Kier alpha value is -3.14. The summed E-state index contributed by atoms with van der Waals surface area (Å²) in [6.45, 7) is 0. The third kappa shape index (κ3) is 5.18. The molecular formula is C26H28F4N4O2. The van der Waals surface area contributed by atoms with E-state index < -0.39 is 35.8 Å². The molecule has 2 aliphatic carbocycles. The van der Waals surface area contributed by atoms with Crippen molar-refractivity contribution >= 4 is 23.3 Å². The molecule has 0 radical (unpaired) electrons. The Balaban J connectivity index is 1.40. The number of alkyl halides is 3. The van der Waals surface area contributed by atoms with Crippen LogP contribution in [0.1, 0.15) is 44.1 Å². The van der Waals surface area contributed by atoms with Crippen LogP contribution in [0.15, 0.2) is 48.5 Å². The molecule has 10 heteroatoms. The molecule has 5 rings (SSSR count). The van der Waals surface area contributed by atoms with Gasteiger partial charge in [0, 0.05) is 17.4 Å². The van der Waals surface area contributed by atoms with E-state index in [4.69, 9.17) is 0 Å². The summed E-state index contributed by atoms with van der Waals surface area (Å²) in [4.78, 5) is 28.2. The molecule has 1 heterocycles. The smallest absolute Gasteiger partial charge is 0.331 e. The highest BCUT2D eigenvalue weighted by atomic mass is 19.4. The van der Waals surface area contributed by atoms with Gasteiger partial charge in [-0.25, -0.2) is 9.18 Å². The van der Waals surface area contributed by atoms with Crippen LogP contribution in [0.2, 0.25) is 0 Å². The van der Waals surface area contributed by atoms with E-state index in [1.54, 1.807) is 17.0 Å². The fraction of sp³-hybridized carbons (Fsp3) is 0.462. The van der Waals surface area contributed by atoms with Crippen molar-refractivity contribution in [3.05, 3.63) is 59.9 Å². The lowest BCUT2D eigenvalue weighted by Crippen LogP contribution is -2.70. The maximum Gasteiger partial charge on any atom is 0.416 e. The van der Waals surface area contributed by atoms with Gasteiger partial charge in [0.05, 0.1) is 17.5 Å². The van der Waals surface area contributed by atoms with Gasteiger partial charge in [0.1, 0.15) is 12.0 Å². The highest BCUT2D eigenvalue weighted by molar-refractivity contribution is 5.97. The van der Waals surface area contributed by atoms with E-state index in [1.165, 1.54) is 24.3 Å².